The topological polar surface area (TPSA) is 233 Å². The number of hydrogen-bond donors (Lipinski definition) is 3. The van der Waals surface area contributed by atoms with Crippen LogP contribution in [0.3, 0.4) is 0 Å². The molecule has 1 aliphatic heterocycles. The van der Waals surface area contributed by atoms with Gasteiger partial charge in [-0.1, -0.05) is 35.8 Å². The first-order valence-corrected chi connectivity index (χ1v) is 13.7. The van der Waals surface area contributed by atoms with Gasteiger partial charge in [0.05, 0.1) is 6.10 Å². The third kappa shape index (κ3) is 7.91. The van der Waals surface area contributed by atoms with E-state index in [2.05, 4.69) is 14.8 Å². The standard InChI is InChI=1S/C24H31N6O10P/c1-13(2)11-15(22(34)38-14(3)4)27-41(36)40-17-8-6-5-7-16(17)37-12-24(28-29-25)20(33)19(32)21(39-24)30-10-9-18(31)26-23(30)35/h5-10,13-15,19-21,32-33H,11-12H2,1-4H3,(H,26,31,35)/t15-,19+,20-,21+,24+/m0/s1. The van der Waals surface area contributed by atoms with Crippen molar-refractivity contribution in [3.8, 4) is 11.5 Å². The molecule has 0 saturated carbocycles. The Morgan fingerprint density at radius 3 is 2.54 bits per heavy atom. The highest BCUT2D eigenvalue weighted by molar-refractivity contribution is 7.34. The summed E-state index contributed by atoms with van der Waals surface area (Å²) in [5.74, 6) is -0.680. The number of aromatic amines is 1. The molecule has 16 nitrogen and oxygen atoms in total. The van der Waals surface area contributed by atoms with E-state index >= 15 is 0 Å². The van der Waals surface area contributed by atoms with Gasteiger partial charge in [0.2, 0.25) is 11.5 Å². The van der Waals surface area contributed by atoms with Crippen LogP contribution in [0.5, 0.6) is 11.5 Å². The van der Waals surface area contributed by atoms with Gasteiger partial charge in [-0.15, -0.1) is 0 Å². The van der Waals surface area contributed by atoms with Crippen molar-refractivity contribution in [2.75, 3.05) is 6.61 Å². The average Bonchev–Trinajstić information content (AvgIpc) is 3.12. The van der Waals surface area contributed by atoms with Gasteiger partial charge in [0.25, 0.3) is 5.56 Å². The van der Waals surface area contributed by atoms with Crippen LogP contribution < -0.4 is 25.4 Å². The Morgan fingerprint density at radius 2 is 1.93 bits per heavy atom. The first kappa shape index (κ1) is 31.7. The molecule has 0 bridgehead atoms. The number of aliphatic hydroxyl groups excluding tert-OH is 2. The molecule has 0 spiro atoms. The number of azide groups is 1. The van der Waals surface area contributed by atoms with E-state index in [1.807, 2.05) is 18.8 Å². The molecule has 1 fully saturated rings. The minimum atomic E-state index is -2.78. The number of nitrogens with one attached hydrogen (secondary N) is 1. The van der Waals surface area contributed by atoms with Crippen LogP contribution in [-0.4, -0.2) is 62.4 Å². The van der Waals surface area contributed by atoms with Crippen molar-refractivity contribution in [2.24, 2.45) is 15.8 Å². The van der Waals surface area contributed by atoms with E-state index in [9.17, 15) is 29.5 Å². The molecular formula is C24H31N6O10P. The van der Waals surface area contributed by atoms with E-state index in [1.54, 1.807) is 26.0 Å². The van der Waals surface area contributed by atoms with Gasteiger partial charge < -0.3 is 29.3 Å². The maximum absolute atomic E-state index is 12.8. The van der Waals surface area contributed by atoms with Crippen molar-refractivity contribution in [3.63, 3.8) is 0 Å². The van der Waals surface area contributed by atoms with Crippen LogP contribution >= 0.6 is 8.17 Å². The van der Waals surface area contributed by atoms with E-state index in [-0.39, 0.29) is 23.8 Å². The first-order chi connectivity index (χ1) is 19.4. The average molecular weight is 595 g/mol. The lowest BCUT2D eigenvalue weighted by Crippen LogP contribution is -2.46. The lowest BCUT2D eigenvalue weighted by atomic mass is 10.1. The minimum absolute atomic E-state index is 0.0290. The summed E-state index contributed by atoms with van der Waals surface area (Å²) in [6.45, 7) is 6.42. The normalized spacial score (nSPS) is 23.2. The Hall–Kier alpha value is -3.78. The summed E-state index contributed by atoms with van der Waals surface area (Å²) < 4.78 is 26.8. The van der Waals surface area contributed by atoms with Gasteiger partial charge in [-0.2, -0.15) is 0 Å². The summed E-state index contributed by atoms with van der Waals surface area (Å²) in [5.41, 5.74) is 5.30. The highest BCUT2D eigenvalue weighted by Gasteiger charge is 2.56. The molecule has 6 atom stereocenters. The molecule has 3 rings (SSSR count). The van der Waals surface area contributed by atoms with Gasteiger partial charge in [-0.25, -0.2) is 9.59 Å². The number of aromatic nitrogens is 2. The molecule has 1 aliphatic rings. The van der Waals surface area contributed by atoms with Crippen molar-refractivity contribution >= 4 is 14.1 Å². The molecule has 3 N–H and O–H groups in total. The summed E-state index contributed by atoms with van der Waals surface area (Å²) in [5, 5.41) is 24.8. The van der Waals surface area contributed by atoms with Crippen molar-refractivity contribution in [2.45, 2.75) is 70.4 Å². The Kier molecular flexibility index (Phi) is 10.6. The number of H-pyrrole nitrogens is 1. The van der Waals surface area contributed by atoms with Gasteiger partial charge in [0.1, 0.15) is 18.8 Å². The van der Waals surface area contributed by atoms with E-state index in [0.717, 1.165) is 16.8 Å². The van der Waals surface area contributed by atoms with Crippen molar-refractivity contribution < 1.29 is 38.6 Å². The van der Waals surface area contributed by atoms with Gasteiger partial charge in [-0.3, -0.25) is 18.9 Å². The van der Waals surface area contributed by atoms with Crippen molar-refractivity contribution in [1.29, 1.82) is 0 Å². The van der Waals surface area contributed by atoms with Gasteiger partial charge in [-0.05, 0) is 43.9 Å². The molecule has 41 heavy (non-hydrogen) atoms. The van der Waals surface area contributed by atoms with Gasteiger partial charge in [0.15, 0.2) is 18.0 Å². The van der Waals surface area contributed by atoms with Crippen molar-refractivity contribution in [3.05, 3.63) is 67.8 Å². The second-order valence-electron chi connectivity index (χ2n) is 9.81. The SMILES string of the molecule is CC(C)C[C@H](N=[P+]([O-])Oc1ccccc1OC[C@@]1(N=[N+]=[N-])O[C@@H](n2ccc(=O)[nH]c2=O)[C@H](O)[C@@H]1O)C(=O)OC(C)C. The van der Waals surface area contributed by atoms with Crippen LogP contribution in [0.25, 0.3) is 10.4 Å². The fraction of sp³-hybridized carbons (Fsp3) is 0.542. The van der Waals surface area contributed by atoms with Crippen molar-refractivity contribution in [1.82, 2.24) is 9.55 Å². The molecule has 1 aromatic heterocycles. The predicted octanol–water partition coefficient (Wildman–Crippen LogP) is 1.47. The quantitative estimate of drug-likeness (QED) is 0.105. The summed E-state index contributed by atoms with van der Waals surface area (Å²) >= 11 is 0. The van der Waals surface area contributed by atoms with Crippen LogP contribution in [0.2, 0.25) is 0 Å². The largest absolute Gasteiger partial charge is 0.575 e. The zero-order valence-electron chi connectivity index (χ0n) is 22.7. The van der Waals surface area contributed by atoms with Crippen LogP contribution in [0, 0.1) is 5.92 Å². The molecule has 0 aliphatic carbocycles. The zero-order chi connectivity index (χ0) is 30.3. The number of rotatable bonds is 12. The van der Waals surface area contributed by atoms with Crippen LogP contribution in [0.1, 0.15) is 40.3 Å². The monoisotopic (exact) mass is 594 g/mol. The Bertz CT molecular complexity index is 1420. The lowest BCUT2D eigenvalue weighted by molar-refractivity contribution is -0.170. The maximum Gasteiger partial charge on any atom is 0.395 e. The molecule has 222 valence electrons. The number of esters is 1. The molecule has 0 amide bonds. The number of carbonyl (C=O) groups is 1. The third-order valence-electron chi connectivity index (χ3n) is 5.75. The molecular weight excluding hydrogens is 563 g/mol. The summed E-state index contributed by atoms with van der Waals surface area (Å²) in [4.78, 5) is 53.6. The second kappa shape index (κ2) is 13.7. The highest BCUT2D eigenvalue weighted by Crippen LogP contribution is 2.40. The molecule has 1 saturated heterocycles. The number of benzene rings is 1. The Labute approximate surface area is 234 Å². The van der Waals surface area contributed by atoms with E-state index < -0.39 is 68.3 Å². The predicted molar refractivity (Wildman–Crippen MR) is 142 cm³/mol. The highest BCUT2D eigenvalue weighted by atomic mass is 31.1. The van der Waals surface area contributed by atoms with Gasteiger partial charge >= 0.3 is 19.8 Å². The Morgan fingerprint density at radius 1 is 1.24 bits per heavy atom. The van der Waals surface area contributed by atoms with Crippen LogP contribution in [-0.2, 0) is 14.3 Å². The maximum atomic E-state index is 12.8. The number of aliphatic hydroxyl groups is 2. The summed E-state index contributed by atoms with van der Waals surface area (Å²) in [6, 6.07) is 5.91. The molecule has 2 heterocycles. The minimum Gasteiger partial charge on any atom is -0.575 e. The van der Waals surface area contributed by atoms with Gasteiger partial charge in [0, 0.05) is 17.2 Å². The smallest absolute Gasteiger partial charge is 0.395 e. The molecule has 2 aromatic rings. The van der Waals surface area contributed by atoms with E-state index in [1.165, 1.54) is 12.1 Å². The summed E-state index contributed by atoms with van der Waals surface area (Å²) in [6.07, 6.45) is -4.26. The van der Waals surface area contributed by atoms with Crippen LogP contribution in [0.4, 0.5) is 0 Å². The summed E-state index contributed by atoms with van der Waals surface area (Å²) in [7, 11) is -2.78. The number of ether oxygens (including phenoxy) is 3. The molecule has 1 aromatic carbocycles. The van der Waals surface area contributed by atoms with E-state index in [0.29, 0.717) is 0 Å². The number of nitrogens with zero attached hydrogens (tertiary/aromatic N) is 5. The number of carbonyl (C=O) groups excluding carboxylic acids is 1. The number of hydrogen-bond acceptors (Lipinski definition) is 12. The van der Waals surface area contributed by atoms with Crippen LogP contribution in [0.15, 0.2) is 56.0 Å². The number of para-hydroxylation sites is 2. The fourth-order valence-electron chi connectivity index (χ4n) is 3.92. The third-order valence-corrected chi connectivity index (χ3v) is 6.57. The fourth-order valence-corrected chi connectivity index (χ4v) is 4.70. The molecule has 0 radical (unpaired) electrons. The molecule has 1 unspecified atom stereocenters. The zero-order valence-corrected chi connectivity index (χ0v) is 23.6. The van der Waals surface area contributed by atoms with E-state index in [4.69, 9.17) is 24.3 Å². The lowest BCUT2D eigenvalue weighted by Gasteiger charge is -2.26. The Balaban J connectivity index is 1.83. The first-order valence-electron chi connectivity index (χ1n) is 12.6. The molecule has 17 heteroatoms. The second-order valence-corrected chi connectivity index (χ2v) is 10.7.